The fourth-order valence-corrected chi connectivity index (χ4v) is 2.24. The van der Waals surface area contributed by atoms with Crippen molar-refractivity contribution in [2.24, 2.45) is 0 Å². The van der Waals surface area contributed by atoms with Crippen LogP contribution in [-0.2, 0) is 0 Å². The van der Waals surface area contributed by atoms with Gasteiger partial charge in [0.05, 0.1) is 5.69 Å². The van der Waals surface area contributed by atoms with Crippen LogP contribution in [0.15, 0.2) is 55.5 Å². The van der Waals surface area contributed by atoms with Crippen LogP contribution in [0.2, 0.25) is 0 Å². The third-order valence-electron chi connectivity index (χ3n) is 3.30. The summed E-state index contributed by atoms with van der Waals surface area (Å²) in [7, 11) is 0. The predicted octanol–water partition coefficient (Wildman–Crippen LogP) is 2.29. The molecule has 0 spiro atoms. The van der Waals surface area contributed by atoms with Crippen molar-refractivity contribution in [1.29, 1.82) is 0 Å². The molecule has 6 heteroatoms. The molecular formula is C15H12N6. The number of aryl methyl sites for hydroxylation is 1. The van der Waals surface area contributed by atoms with E-state index in [1.807, 2.05) is 28.8 Å². The molecule has 0 radical (unpaired) electrons. The molecule has 0 aliphatic rings. The van der Waals surface area contributed by atoms with E-state index < -0.39 is 0 Å². The highest BCUT2D eigenvalue weighted by Gasteiger charge is 2.06. The van der Waals surface area contributed by atoms with E-state index in [9.17, 15) is 0 Å². The Morgan fingerprint density at radius 1 is 1.05 bits per heavy atom. The molecular weight excluding hydrogens is 264 g/mol. The first-order valence-electron chi connectivity index (χ1n) is 6.56. The molecule has 0 bridgehead atoms. The minimum Gasteiger partial charge on any atom is -0.306 e. The van der Waals surface area contributed by atoms with Crippen LogP contribution in [0.1, 0.15) is 5.56 Å². The minimum atomic E-state index is 0.732. The molecule has 4 heterocycles. The Bertz CT molecular complexity index is 890. The highest BCUT2D eigenvalue weighted by Crippen LogP contribution is 2.19. The summed E-state index contributed by atoms with van der Waals surface area (Å²) in [5.74, 6) is 0.732. The van der Waals surface area contributed by atoms with Crippen molar-refractivity contribution >= 4 is 5.65 Å². The molecule has 4 aromatic heterocycles. The number of hydrogen-bond acceptors (Lipinski definition) is 4. The maximum atomic E-state index is 4.60. The number of aromatic nitrogens is 6. The van der Waals surface area contributed by atoms with Crippen molar-refractivity contribution in [3.05, 3.63) is 61.1 Å². The van der Waals surface area contributed by atoms with Crippen molar-refractivity contribution in [2.75, 3.05) is 0 Å². The summed E-state index contributed by atoms with van der Waals surface area (Å²) in [4.78, 5) is 12.9. The Labute approximate surface area is 120 Å². The number of nitrogens with zero attached hydrogens (tertiary/aromatic N) is 6. The van der Waals surface area contributed by atoms with Crippen LogP contribution in [0.3, 0.4) is 0 Å². The van der Waals surface area contributed by atoms with Gasteiger partial charge >= 0.3 is 0 Å². The van der Waals surface area contributed by atoms with Gasteiger partial charge in [-0.1, -0.05) is 6.07 Å². The third-order valence-corrected chi connectivity index (χ3v) is 3.30. The number of rotatable bonds is 2. The third kappa shape index (κ3) is 2.06. The van der Waals surface area contributed by atoms with E-state index in [-0.39, 0.29) is 0 Å². The zero-order chi connectivity index (χ0) is 14.2. The quantitative estimate of drug-likeness (QED) is 0.563. The highest BCUT2D eigenvalue weighted by atomic mass is 15.3. The van der Waals surface area contributed by atoms with Crippen molar-refractivity contribution in [3.63, 3.8) is 0 Å². The average molecular weight is 276 g/mol. The van der Waals surface area contributed by atoms with Gasteiger partial charge in [-0.05, 0) is 30.7 Å². The Kier molecular flexibility index (Phi) is 2.53. The molecule has 0 fully saturated rings. The zero-order valence-electron chi connectivity index (χ0n) is 11.4. The van der Waals surface area contributed by atoms with E-state index in [4.69, 9.17) is 0 Å². The number of imidazole rings is 1. The Hall–Kier alpha value is -3.02. The largest absolute Gasteiger partial charge is 0.306 e. The van der Waals surface area contributed by atoms with Crippen molar-refractivity contribution in [1.82, 2.24) is 29.1 Å². The van der Waals surface area contributed by atoms with Crippen LogP contribution in [0, 0.1) is 6.92 Å². The summed E-state index contributed by atoms with van der Waals surface area (Å²) in [5.41, 5.74) is 4.00. The van der Waals surface area contributed by atoms with Crippen molar-refractivity contribution in [3.8, 4) is 17.1 Å². The first-order valence-corrected chi connectivity index (χ1v) is 6.56. The summed E-state index contributed by atoms with van der Waals surface area (Å²) < 4.78 is 3.65. The van der Waals surface area contributed by atoms with E-state index in [2.05, 4.69) is 39.2 Å². The second kappa shape index (κ2) is 4.52. The van der Waals surface area contributed by atoms with Gasteiger partial charge in [-0.3, -0.25) is 0 Å². The van der Waals surface area contributed by atoms with E-state index in [1.165, 1.54) is 11.9 Å². The second-order valence-electron chi connectivity index (χ2n) is 4.84. The SMILES string of the molecule is Cc1ccc2nc(-c3ccc(-n4cncn4)nc3)cn2c1. The van der Waals surface area contributed by atoms with Gasteiger partial charge in [0.25, 0.3) is 0 Å². The lowest BCUT2D eigenvalue weighted by Gasteiger charge is -2.00. The molecule has 4 aromatic rings. The Balaban J connectivity index is 1.74. The first kappa shape index (κ1) is 11.8. The maximum absolute atomic E-state index is 4.60. The minimum absolute atomic E-state index is 0.732. The summed E-state index contributed by atoms with van der Waals surface area (Å²) in [6.45, 7) is 2.06. The molecule has 0 aliphatic carbocycles. The molecule has 21 heavy (non-hydrogen) atoms. The second-order valence-corrected chi connectivity index (χ2v) is 4.84. The van der Waals surface area contributed by atoms with Gasteiger partial charge < -0.3 is 4.40 Å². The average Bonchev–Trinajstić information content (AvgIpc) is 3.16. The Morgan fingerprint density at radius 2 is 2.00 bits per heavy atom. The topological polar surface area (TPSA) is 60.9 Å². The standard InChI is InChI=1S/C15H12N6/c1-11-2-4-15-19-13(8-20(15)7-11)12-3-5-14(17-6-12)21-10-16-9-18-21/h2-10H,1H3. The molecule has 102 valence electrons. The van der Waals surface area contributed by atoms with Crippen LogP contribution < -0.4 is 0 Å². The molecule has 0 atom stereocenters. The monoisotopic (exact) mass is 276 g/mol. The lowest BCUT2D eigenvalue weighted by atomic mass is 10.2. The first-order chi connectivity index (χ1) is 10.3. The molecule has 4 rings (SSSR count). The number of pyridine rings is 2. The van der Waals surface area contributed by atoms with E-state index >= 15 is 0 Å². The van der Waals surface area contributed by atoms with Gasteiger partial charge in [-0.25, -0.2) is 19.6 Å². The van der Waals surface area contributed by atoms with Crippen LogP contribution in [-0.4, -0.2) is 29.1 Å². The highest BCUT2D eigenvalue weighted by molar-refractivity contribution is 5.62. The lowest BCUT2D eigenvalue weighted by molar-refractivity contribution is 0.845. The zero-order valence-corrected chi connectivity index (χ0v) is 11.4. The van der Waals surface area contributed by atoms with Crippen LogP contribution >= 0.6 is 0 Å². The van der Waals surface area contributed by atoms with Crippen LogP contribution in [0.5, 0.6) is 0 Å². The molecule has 0 unspecified atom stereocenters. The van der Waals surface area contributed by atoms with Gasteiger partial charge in [-0.2, -0.15) is 5.10 Å². The lowest BCUT2D eigenvalue weighted by Crippen LogP contribution is -1.97. The summed E-state index contributed by atoms with van der Waals surface area (Å²) in [6, 6.07) is 7.95. The van der Waals surface area contributed by atoms with Crippen LogP contribution in [0.25, 0.3) is 22.7 Å². The number of hydrogen-bond donors (Lipinski definition) is 0. The molecule has 0 aromatic carbocycles. The maximum Gasteiger partial charge on any atom is 0.155 e. The van der Waals surface area contributed by atoms with Crippen LogP contribution in [0.4, 0.5) is 0 Å². The molecule has 6 nitrogen and oxygen atoms in total. The molecule has 0 aliphatic heterocycles. The fourth-order valence-electron chi connectivity index (χ4n) is 2.24. The van der Waals surface area contributed by atoms with E-state index in [0.29, 0.717) is 0 Å². The smallest absolute Gasteiger partial charge is 0.155 e. The van der Waals surface area contributed by atoms with E-state index in [1.54, 1.807) is 17.2 Å². The summed E-state index contributed by atoms with van der Waals surface area (Å²) in [6.07, 6.45) is 8.97. The van der Waals surface area contributed by atoms with Gasteiger partial charge in [0.15, 0.2) is 5.82 Å². The molecule has 0 amide bonds. The van der Waals surface area contributed by atoms with E-state index in [0.717, 1.165) is 22.7 Å². The van der Waals surface area contributed by atoms with Crippen molar-refractivity contribution in [2.45, 2.75) is 6.92 Å². The number of fused-ring (bicyclic) bond motifs is 1. The Morgan fingerprint density at radius 3 is 2.76 bits per heavy atom. The molecule has 0 saturated heterocycles. The fraction of sp³-hybridized carbons (Fsp3) is 0.0667. The van der Waals surface area contributed by atoms with Gasteiger partial charge in [-0.15, -0.1) is 0 Å². The van der Waals surface area contributed by atoms with Gasteiger partial charge in [0.1, 0.15) is 18.3 Å². The molecule has 0 saturated carbocycles. The summed E-state index contributed by atoms with van der Waals surface area (Å²) in [5, 5.41) is 4.06. The summed E-state index contributed by atoms with van der Waals surface area (Å²) >= 11 is 0. The van der Waals surface area contributed by atoms with Gasteiger partial charge in [0.2, 0.25) is 0 Å². The normalized spacial score (nSPS) is 11.1. The predicted molar refractivity (Wildman–Crippen MR) is 78.1 cm³/mol. The van der Waals surface area contributed by atoms with Crippen molar-refractivity contribution < 1.29 is 0 Å². The van der Waals surface area contributed by atoms with Gasteiger partial charge in [0, 0.05) is 24.2 Å². The molecule has 0 N–H and O–H groups in total.